The Labute approximate surface area is 178 Å². The first-order chi connectivity index (χ1) is 13.8. The van der Waals surface area contributed by atoms with Crippen molar-refractivity contribution in [2.45, 2.75) is 56.9 Å². The van der Waals surface area contributed by atoms with Crippen LogP contribution < -0.4 is 5.32 Å². The highest BCUT2D eigenvalue weighted by Gasteiger charge is 2.34. The zero-order valence-electron chi connectivity index (χ0n) is 16.8. The smallest absolute Gasteiger partial charge is 0.243 e. The van der Waals surface area contributed by atoms with Gasteiger partial charge in [-0.2, -0.15) is 4.31 Å². The molecule has 0 radical (unpaired) electrons. The molecule has 5 nitrogen and oxygen atoms in total. The van der Waals surface area contributed by atoms with Crippen molar-refractivity contribution in [1.29, 1.82) is 0 Å². The van der Waals surface area contributed by atoms with E-state index in [1.54, 1.807) is 42.5 Å². The second kappa shape index (κ2) is 9.28. The van der Waals surface area contributed by atoms with Crippen LogP contribution in [0.25, 0.3) is 0 Å². The number of rotatable bonds is 6. The van der Waals surface area contributed by atoms with Gasteiger partial charge in [0.2, 0.25) is 15.9 Å². The average molecular weight is 435 g/mol. The summed E-state index contributed by atoms with van der Waals surface area (Å²) < 4.78 is 28.1. The van der Waals surface area contributed by atoms with Gasteiger partial charge < -0.3 is 5.32 Å². The van der Waals surface area contributed by atoms with Gasteiger partial charge in [0.25, 0.3) is 0 Å². The molecular formula is C22H27ClN2O3S. The number of nitrogens with zero attached hydrogens (tertiary/aromatic N) is 1. The highest BCUT2D eigenvalue weighted by atomic mass is 35.5. The minimum absolute atomic E-state index is 0.160. The minimum Gasteiger partial charge on any atom is -0.325 e. The number of aryl methyl sites for hydroxylation is 2. The summed E-state index contributed by atoms with van der Waals surface area (Å²) in [5.74, 6) is -0.350. The molecular weight excluding hydrogens is 408 g/mol. The van der Waals surface area contributed by atoms with Crippen molar-refractivity contribution in [2.75, 3.05) is 11.9 Å². The van der Waals surface area contributed by atoms with Crippen molar-refractivity contribution in [1.82, 2.24) is 4.31 Å². The van der Waals surface area contributed by atoms with Crippen LogP contribution in [-0.4, -0.2) is 31.2 Å². The molecule has 1 saturated carbocycles. The van der Waals surface area contributed by atoms with Crippen molar-refractivity contribution in [3.8, 4) is 0 Å². The lowest BCUT2D eigenvalue weighted by Gasteiger charge is -2.33. The summed E-state index contributed by atoms with van der Waals surface area (Å²) in [7, 11) is -3.77. The summed E-state index contributed by atoms with van der Waals surface area (Å²) in [5.41, 5.74) is 2.45. The maximum absolute atomic E-state index is 13.4. The molecule has 2 aromatic carbocycles. The highest BCUT2D eigenvalue weighted by molar-refractivity contribution is 7.89. The topological polar surface area (TPSA) is 66.5 Å². The predicted octanol–water partition coefficient (Wildman–Crippen LogP) is 4.92. The van der Waals surface area contributed by atoms with Crippen LogP contribution in [0.5, 0.6) is 0 Å². The Kier molecular flexibility index (Phi) is 6.98. The van der Waals surface area contributed by atoms with Gasteiger partial charge in [-0.15, -0.1) is 0 Å². The second-order valence-corrected chi connectivity index (χ2v) is 9.99. The lowest BCUT2D eigenvalue weighted by Crippen LogP contribution is -2.45. The molecule has 0 bridgehead atoms. The first-order valence-electron chi connectivity index (χ1n) is 9.92. The quantitative estimate of drug-likeness (QED) is 0.701. The molecule has 0 aliphatic heterocycles. The summed E-state index contributed by atoms with van der Waals surface area (Å²) in [6.07, 6.45) is 4.60. The van der Waals surface area contributed by atoms with E-state index in [1.165, 1.54) is 4.31 Å². The van der Waals surface area contributed by atoms with Crippen molar-refractivity contribution >= 4 is 33.2 Å². The van der Waals surface area contributed by atoms with Gasteiger partial charge in [0.15, 0.2) is 0 Å². The predicted molar refractivity (Wildman–Crippen MR) is 117 cm³/mol. The number of halogens is 1. The summed E-state index contributed by atoms with van der Waals surface area (Å²) >= 11 is 5.98. The number of amides is 1. The zero-order chi connectivity index (χ0) is 21.0. The van der Waals surface area contributed by atoms with E-state index in [1.807, 2.05) is 13.8 Å². The fourth-order valence-corrected chi connectivity index (χ4v) is 5.59. The van der Waals surface area contributed by atoms with E-state index in [0.717, 1.165) is 43.2 Å². The molecule has 1 aliphatic carbocycles. The van der Waals surface area contributed by atoms with Gasteiger partial charge in [-0.05, 0) is 62.6 Å². The van der Waals surface area contributed by atoms with E-state index in [2.05, 4.69) is 5.32 Å². The number of hydrogen-bond donors (Lipinski definition) is 1. The third kappa shape index (κ3) is 5.38. The third-order valence-electron chi connectivity index (χ3n) is 5.37. The molecule has 1 fully saturated rings. The van der Waals surface area contributed by atoms with Crippen molar-refractivity contribution in [2.24, 2.45) is 0 Å². The van der Waals surface area contributed by atoms with Gasteiger partial charge in [-0.25, -0.2) is 8.42 Å². The van der Waals surface area contributed by atoms with Crippen LogP contribution in [0.3, 0.4) is 0 Å². The maximum Gasteiger partial charge on any atom is 0.243 e. The standard InChI is InChI=1S/C22H27ClN2O3S/c1-16-8-11-20(12-9-16)29(27,28)25(19-6-4-3-5-7-19)15-22(26)24-21-13-10-18(23)14-17(21)2/h8-14,19H,3-7,15H2,1-2H3,(H,24,26). The number of sulfonamides is 1. The van der Waals surface area contributed by atoms with Gasteiger partial charge in [0, 0.05) is 16.8 Å². The highest BCUT2D eigenvalue weighted by Crippen LogP contribution is 2.28. The van der Waals surface area contributed by atoms with Gasteiger partial charge >= 0.3 is 0 Å². The molecule has 1 N–H and O–H groups in total. The number of benzene rings is 2. The Morgan fingerprint density at radius 2 is 1.72 bits per heavy atom. The van der Waals surface area contributed by atoms with Gasteiger partial charge in [-0.3, -0.25) is 4.79 Å². The summed E-state index contributed by atoms with van der Waals surface area (Å²) in [6.45, 7) is 3.56. The summed E-state index contributed by atoms with van der Waals surface area (Å²) in [4.78, 5) is 13.0. The number of nitrogens with one attached hydrogen (secondary N) is 1. The molecule has 0 spiro atoms. The van der Waals surface area contributed by atoms with Crippen LogP contribution in [0.4, 0.5) is 5.69 Å². The lowest BCUT2D eigenvalue weighted by molar-refractivity contribution is -0.116. The fourth-order valence-electron chi connectivity index (χ4n) is 3.72. The van der Waals surface area contributed by atoms with E-state index >= 15 is 0 Å². The Morgan fingerprint density at radius 3 is 2.34 bits per heavy atom. The van der Waals surface area contributed by atoms with Crippen LogP contribution in [-0.2, 0) is 14.8 Å². The molecule has 0 heterocycles. The summed E-state index contributed by atoms with van der Waals surface area (Å²) in [6, 6.07) is 11.8. The van der Waals surface area contributed by atoms with Gasteiger partial charge in [0.05, 0.1) is 11.4 Å². The molecule has 0 saturated heterocycles. The van der Waals surface area contributed by atoms with Crippen LogP contribution in [0.15, 0.2) is 47.4 Å². The van der Waals surface area contributed by atoms with E-state index in [4.69, 9.17) is 11.6 Å². The van der Waals surface area contributed by atoms with Crippen molar-refractivity contribution in [3.63, 3.8) is 0 Å². The molecule has 0 aromatic heterocycles. The second-order valence-electron chi connectivity index (χ2n) is 7.66. The number of carbonyl (C=O) groups excluding carboxylic acids is 1. The molecule has 2 aromatic rings. The number of anilines is 1. The minimum atomic E-state index is -3.77. The Balaban J connectivity index is 1.85. The van der Waals surface area contributed by atoms with Crippen molar-refractivity contribution in [3.05, 3.63) is 58.6 Å². The van der Waals surface area contributed by atoms with Crippen LogP contribution >= 0.6 is 11.6 Å². The molecule has 0 unspecified atom stereocenters. The first-order valence-corrected chi connectivity index (χ1v) is 11.7. The third-order valence-corrected chi connectivity index (χ3v) is 7.52. The molecule has 29 heavy (non-hydrogen) atoms. The van der Waals surface area contributed by atoms with E-state index < -0.39 is 10.0 Å². The van der Waals surface area contributed by atoms with E-state index in [-0.39, 0.29) is 23.4 Å². The molecule has 1 aliphatic rings. The van der Waals surface area contributed by atoms with Crippen LogP contribution in [0, 0.1) is 13.8 Å². The normalized spacial score (nSPS) is 15.4. The fraction of sp³-hybridized carbons (Fsp3) is 0.409. The Morgan fingerprint density at radius 1 is 1.07 bits per heavy atom. The monoisotopic (exact) mass is 434 g/mol. The SMILES string of the molecule is Cc1ccc(S(=O)(=O)N(CC(=O)Nc2ccc(Cl)cc2C)C2CCCCC2)cc1. The van der Waals surface area contributed by atoms with Gasteiger partial charge in [-0.1, -0.05) is 48.6 Å². The lowest BCUT2D eigenvalue weighted by atomic mass is 9.95. The van der Waals surface area contributed by atoms with E-state index in [0.29, 0.717) is 10.7 Å². The Bertz CT molecular complexity index is 968. The molecule has 1 amide bonds. The number of carbonyl (C=O) groups is 1. The van der Waals surface area contributed by atoms with Crippen LogP contribution in [0.2, 0.25) is 5.02 Å². The molecule has 156 valence electrons. The van der Waals surface area contributed by atoms with Crippen LogP contribution in [0.1, 0.15) is 43.2 Å². The molecule has 7 heteroatoms. The average Bonchev–Trinajstić information content (AvgIpc) is 2.69. The largest absolute Gasteiger partial charge is 0.325 e. The maximum atomic E-state index is 13.4. The Hall–Kier alpha value is -1.89. The van der Waals surface area contributed by atoms with Crippen molar-refractivity contribution < 1.29 is 13.2 Å². The number of hydrogen-bond acceptors (Lipinski definition) is 3. The van der Waals surface area contributed by atoms with Gasteiger partial charge in [0.1, 0.15) is 0 Å². The molecule has 0 atom stereocenters. The molecule has 3 rings (SSSR count). The van der Waals surface area contributed by atoms with E-state index in [9.17, 15) is 13.2 Å². The zero-order valence-corrected chi connectivity index (χ0v) is 18.4. The summed E-state index contributed by atoms with van der Waals surface area (Å²) in [5, 5.41) is 3.43. The first kappa shape index (κ1) is 21.8.